The first-order valence-corrected chi connectivity index (χ1v) is 27.6. The van der Waals surface area contributed by atoms with Gasteiger partial charge in [-0.1, -0.05) is 36.4 Å². The first-order valence-electron chi connectivity index (χ1n) is 21.9. The van der Waals surface area contributed by atoms with E-state index in [0.717, 1.165) is 60.7 Å². The molecule has 0 heterocycles. The van der Waals surface area contributed by atoms with Crippen LogP contribution < -0.4 is 11.5 Å². The Bertz CT molecular complexity index is 4320. The molecule has 0 radical (unpaired) electrons. The van der Waals surface area contributed by atoms with Crippen LogP contribution in [-0.2, 0) is 40.5 Å². The van der Waals surface area contributed by atoms with E-state index in [1.54, 1.807) is 0 Å². The maximum absolute atomic E-state index is 12.7. The molecule has 0 unspecified atom stereocenters. The molecule has 408 valence electrons. The molecule has 8 aromatic rings. The van der Waals surface area contributed by atoms with Crippen LogP contribution in [0, 0.1) is 0 Å². The number of aromatic hydroxyl groups is 2. The van der Waals surface area contributed by atoms with Crippen LogP contribution >= 0.6 is 0 Å². The Morgan fingerprint density at radius 1 is 0.400 bits per heavy atom. The van der Waals surface area contributed by atoms with Crippen LogP contribution in [0.3, 0.4) is 0 Å². The van der Waals surface area contributed by atoms with E-state index in [4.69, 9.17) is 11.5 Å². The maximum atomic E-state index is 12.7. The van der Waals surface area contributed by atoms with E-state index in [9.17, 15) is 81.9 Å². The summed E-state index contributed by atoms with van der Waals surface area (Å²) in [6.07, 6.45) is 1.94. The van der Waals surface area contributed by atoms with Crippen LogP contribution in [0.15, 0.2) is 182 Å². The van der Waals surface area contributed by atoms with Crippen molar-refractivity contribution in [2.24, 2.45) is 40.9 Å². The molecule has 28 nitrogen and oxygen atoms in total. The Hall–Kier alpha value is -9.80. The molecule has 12 N–H and O–H groups in total. The second-order valence-electron chi connectivity index (χ2n) is 16.5. The highest BCUT2D eigenvalue weighted by Gasteiger charge is 2.27. The lowest BCUT2D eigenvalue weighted by molar-refractivity contribution is 0.0686. The van der Waals surface area contributed by atoms with Crippen LogP contribution in [0.25, 0.3) is 33.7 Å². The number of hydrogen-bond donors (Lipinski definition) is 10. The summed E-state index contributed by atoms with van der Waals surface area (Å²) in [5.41, 5.74) is 8.27. The molecule has 0 amide bonds. The van der Waals surface area contributed by atoms with Gasteiger partial charge in [-0.3, -0.25) is 18.2 Å². The van der Waals surface area contributed by atoms with Crippen molar-refractivity contribution in [1.29, 1.82) is 0 Å². The van der Waals surface area contributed by atoms with Crippen molar-refractivity contribution in [3.05, 3.63) is 144 Å². The van der Waals surface area contributed by atoms with Gasteiger partial charge in [0, 0.05) is 22.1 Å². The van der Waals surface area contributed by atoms with Crippen molar-refractivity contribution in [1.82, 2.24) is 0 Å². The summed E-state index contributed by atoms with van der Waals surface area (Å²) in [6.45, 7) is 0. The number of azo groups is 4. The van der Waals surface area contributed by atoms with Gasteiger partial charge in [-0.15, -0.1) is 20.5 Å². The summed E-state index contributed by atoms with van der Waals surface area (Å²) in [7, 11) is -20.9. The van der Waals surface area contributed by atoms with E-state index in [0.29, 0.717) is 0 Å². The van der Waals surface area contributed by atoms with Gasteiger partial charge in [-0.2, -0.15) is 54.1 Å². The van der Waals surface area contributed by atoms with E-state index in [2.05, 4.69) is 40.9 Å². The van der Waals surface area contributed by atoms with Gasteiger partial charge in [-0.05, 0) is 108 Å². The highest BCUT2D eigenvalue weighted by molar-refractivity contribution is 7.86. The lowest BCUT2D eigenvalue weighted by Gasteiger charge is -2.12. The fourth-order valence-corrected chi connectivity index (χ4v) is 10.3. The number of nitrogens with two attached hydrogens (primary N) is 2. The van der Waals surface area contributed by atoms with E-state index in [1.807, 2.05) is 0 Å². The number of fused-ring (bicyclic) bond motifs is 2. The number of hydrogen-bond acceptors (Lipinski definition) is 22. The number of carboxylic acids is 2. The molecule has 0 saturated heterocycles. The van der Waals surface area contributed by atoms with Gasteiger partial charge in [-0.25, -0.2) is 9.59 Å². The number of phenols is 2. The lowest BCUT2D eigenvalue weighted by atomic mass is 10.0. The molecule has 0 fully saturated rings. The minimum Gasteiger partial charge on any atom is -0.505 e. The van der Waals surface area contributed by atoms with Crippen LogP contribution in [0.1, 0.15) is 31.8 Å². The van der Waals surface area contributed by atoms with Gasteiger partial charge in [0.2, 0.25) is 0 Å². The third kappa shape index (κ3) is 12.2. The number of aromatic carboxylic acids is 2. The van der Waals surface area contributed by atoms with Gasteiger partial charge in [0.15, 0.2) is 11.5 Å². The molecular weight excluding hydrogens is 1130 g/mol. The van der Waals surface area contributed by atoms with Crippen molar-refractivity contribution in [2.45, 2.75) is 19.6 Å². The third-order valence-electron chi connectivity index (χ3n) is 11.3. The van der Waals surface area contributed by atoms with Crippen LogP contribution in [0.5, 0.6) is 11.5 Å². The molecule has 0 bridgehead atoms. The summed E-state index contributed by atoms with van der Waals surface area (Å²) in [6, 6.07) is 23.0. The number of carbonyl (C=O) groups is 2. The Kier molecular flexibility index (Phi) is 15.2. The standard InChI is InChI=1S/C48H34N10O18S4/c49-33-13-15-35(55-51-27-5-1-3-25(17-27)47(61)62)31-21-39(79(71,72)73)43(45(59)41(31)33)57-53-29-11-9-23(37(19-29)77(65,66)67)7-8-24-10-12-30(20-38(24)78(68,69)70)54-58-44-40(80(74,75)76)22-32-36(16-14-34(50)42(32)46(44)60)56-52-28-6-2-4-26(18-28)48(63)64/h1-22,59-60H,49-50H2,(H,61,62)(H,63,64)(H,65,66,67)(H,68,69,70)(H,71,72,73)(H,74,75,76)/b8-7+,55-51?,56-52?,57-53?,58-54?. The minimum absolute atomic E-state index is 0.0729. The van der Waals surface area contributed by atoms with E-state index < -0.39 is 106 Å². The summed E-state index contributed by atoms with van der Waals surface area (Å²) >= 11 is 0. The van der Waals surface area contributed by atoms with Gasteiger partial charge >= 0.3 is 11.9 Å². The maximum Gasteiger partial charge on any atom is 0.335 e. The van der Waals surface area contributed by atoms with Crippen molar-refractivity contribution >= 4 is 143 Å². The molecule has 0 atom stereocenters. The minimum atomic E-state index is -5.27. The molecule has 8 aromatic carbocycles. The predicted octanol–water partition coefficient (Wildman–Crippen LogP) is 10.8. The summed E-state index contributed by atoms with van der Waals surface area (Å²) in [4.78, 5) is 18.9. The fourth-order valence-electron chi connectivity index (χ4n) is 7.61. The van der Waals surface area contributed by atoms with E-state index >= 15 is 0 Å². The molecular formula is C48H34N10O18S4. The molecule has 0 spiro atoms. The monoisotopic (exact) mass is 1170 g/mol. The predicted molar refractivity (Wildman–Crippen MR) is 285 cm³/mol. The third-order valence-corrected chi connectivity index (χ3v) is 14.8. The molecule has 0 aliphatic heterocycles. The van der Waals surface area contributed by atoms with Crippen LogP contribution in [0.2, 0.25) is 0 Å². The largest absolute Gasteiger partial charge is 0.505 e. The van der Waals surface area contributed by atoms with Gasteiger partial charge in [0.05, 0.1) is 56.0 Å². The number of nitrogens with zero attached hydrogens (tertiary/aromatic N) is 8. The first kappa shape index (κ1) is 56.4. The zero-order valence-electron chi connectivity index (χ0n) is 39.7. The van der Waals surface area contributed by atoms with Crippen molar-refractivity contribution in [3.8, 4) is 11.5 Å². The summed E-state index contributed by atoms with van der Waals surface area (Å²) < 4.78 is 143. The van der Waals surface area contributed by atoms with Crippen LogP contribution in [0.4, 0.5) is 56.9 Å². The smallest absolute Gasteiger partial charge is 0.335 e. The Labute approximate surface area is 449 Å². The normalized spacial score (nSPS) is 12.8. The Morgan fingerprint density at radius 2 is 0.738 bits per heavy atom. The average Bonchev–Trinajstić information content (AvgIpc) is 3.48. The number of phenolic OH excluding ortho intramolecular Hbond substituents is 2. The zero-order chi connectivity index (χ0) is 58.2. The SMILES string of the molecule is Nc1ccc(N=Nc2cccc(C(=O)O)c2)c2cc(S(=O)(=O)O)c(N=Nc3ccc(/C=C/c4ccc(N=Nc5c(S(=O)(=O)O)cc6c(N=Nc7cccc(C(=O)O)c7)ccc(N)c6c5O)cc4S(=O)(=O)O)c(S(=O)(=O)O)c3)c(O)c12. The molecule has 0 aliphatic carbocycles. The van der Waals surface area contributed by atoms with E-state index in [1.165, 1.54) is 72.8 Å². The van der Waals surface area contributed by atoms with Crippen LogP contribution in [-0.4, -0.2) is 84.2 Å². The summed E-state index contributed by atoms with van der Waals surface area (Å²) in [5.74, 6) is -4.43. The number of carboxylic acid groups (broad SMARTS) is 2. The van der Waals surface area contributed by atoms with Crippen molar-refractivity contribution in [3.63, 3.8) is 0 Å². The number of anilines is 2. The zero-order valence-corrected chi connectivity index (χ0v) is 43.0. The highest BCUT2D eigenvalue weighted by atomic mass is 32.2. The quantitative estimate of drug-likeness (QED) is 0.0186. The van der Waals surface area contributed by atoms with Crippen molar-refractivity contribution < 1.29 is 81.9 Å². The summed E-state index contributed by atoms with van der Waals surface area (Å²) in [5, 5.41) is 71.7. The van der Waals surface area contributed by atoms with Gasteiger partial charge < -0.3 is 31.9 Å². The molecule has 8 rings (SSSR count). The van der Waals surface area contributed by atoms with Gasteiger partial charge in [0.25, 0.3) is 40.5 Å². The molecule has 0 aromatic heterocycles. The Balaban J connectivity index is 1.12. The average molecular weight is 1170 g/mol. The molecule has 80 heavy (non-hydrogen) atoms. The highest BCUT2D eigenvalue weighted by Crippen LogP contribution is 2.48. The second kappa shape index (κ2) is 21.6. The fraction of sp³-hybridized carbons (Fsp3) is 0. The topological polar surface area (TPSA) is 483 Å². The number of rotatable bonds is 16. The first-order chi connectivity index (χ1) is 37.5. The lowest BCUT2D eigenvalue weighted by Crippen LogP contribution is -2.02. The number of nitrogen functional groups attached to an aromatic ring is 2. The molecule has 0 saturated carbocycles. The molecule has 32 heteroatoms. The number of benzene rings is 8. The van der Waals surface area contributed by atoms with Gasteiger partial charge in [0.1, 0.15) is 31.0 Å². The molecule has 0 aliphatic rings. The van der Waals surface area contributed by atoms with Crippen molar-refractivity contribution in [2.75, 3.05) is 11.5 Å². The second-order valence-corrected chi connectivity index (χ2v) is 22.1. The van der Waals surface area contributed by atoms with E-state index in [-0.39, 0.29) is 77.9 Å². The Morgan fingerprint density at radius 3 is 1.07 bits per heavy atom.